The van der Waals surface area contributed by atoms with Crippen molar-refractivity contribution in [2.45, 2.75) is 37.7 Å². The molecule has 1 nitrogen and oxygen atoms in total. The van der Waals surface area contributed by atoms with Crippen LogP contribution in [-0.4, -0.2) is 5.11 Å². The predicted octanol–water partition coefficient (Wildman–Crippen LogP) is 2.84. The monoisotopic (exact) mass is 239 g/mol. The molecule has 1 aliphatic rings. The maximum Gasteiger partial charge on any atom is 0.0896 e. The van der Waals surface area contributed by atoms with Crippen molar-refractivity contribution in [3.8, 4) is 0 Å². The molecule has 0 saturated heterocycles. The SMILES string of the molecule is OC1(c2ccccc2)CCCCC1.[Cu]. The molecule has 1 radical (unpaired) electrons. The first-order valence-electron chi connectivity index (χ1n) is 5.09. The van der Waals surface area contributed by atoms with Gasteiger partial charge < -0.3 is 5.11 Å². The van der Waals surface area contributed by atoms with Gasteiger partial charge in [0, 0.05) is 17.1 Å². The van der Waals surface area contributed by atoms with Crippen molar-refractivity contribution in [2.75, 3.05) is 0 Å². The molecule has 1 N–H and O–H groups in total. The molecule has 2 heteroatoms. The number of hydrogen-bond donors (Lipinski definition) is 1. The van der Waals surface area contributed by atoms with Gasteiger partial charge in [0.1, 0.15) is 0 Å². The first-order valence-corrected chi connectivity index (χ1v) is 5.09. The van der Waals surface area contributed by atoms with E-state index in [4.69, 9.17) is 0 Å². The first kappa shape index (κ1) is 11.8. The first-order chi connectivity index (χ1) is 6.31. The number of benzene rings is 1. The summed E-state index contributed by atoms with van der Waals surface area (Å²) >= 11 is 0. The minimum absolute atomic E-state index is 0. The minimum atomic E-state index is -0.528. The second-order valence-corrected chi connectivity index (χ2v) is 3.96. The third-order valence-electron chi connectivity index (χ3n) is 2.99. The summed E-state index contributed by atoms with van der Waals surface area (Å²) in [6.45, 7) is 0. The van der Waals surface area contributed by atoms with Crippen LogP contribution in [0.3, 0.4) is 0 Å². The van der Waals surface area contributed by atoms with Crippen LogP contribution in [0.25, 0.3) is 0 Å². The molecule has 81 valence electrons. The zero-order valence-electron chi connectivity index (χ0n) is 8.17. The van der Waals surface area contributed by atoms with E-state index in [1.807, 2.05) is 30.3 Å². The quantitative estimate of drug-likeness (QED) is 0.748. The van der Waals surface area contributed by atoms with Gasteiger partial charge in [-0.2, -0.15) is 0 Å². The van der Waals surface area contributed by atoms with Crippen LogP contribution in [-0.2, 0) is 22.7 Å². The Labute approximate surface area is 96.0 Å². The predicted molar refractivity (Wildman–Crippen MR) is 53.4 cm³/mol. The van der Waals surface area contributed by atoms with E-state index in [9.17, 15) is 5.11 Å². The van der Waals surface area contributed by atoms with Crippen molar-refractivity contribution in [2.24, 2.45) is 0 Å². The summed E-state index contributed by atoms with van der Waals surface area (Å²) in [6.07, 6.45) is 5.44. The summed E-state index contributed by atoms with van der Waals surface area (Å²) in [7, 11) is 0. The molecule has 14 heavy (non-hydrogen) atoms. The fraction of sp³-hybridized carbons (Fsp3) is 0.500. The van der Waals surface area contributed by atoms with Crippen molar-refractivity contribution >= 4 is 0 Å². The van der Waals surface area contributed by atoms with Crippen LogP contribution < -0.4 is 0 Å². The Hall–Kier alpha value is -0.301. The third-order valence-corrected chi connectivity index (χ3v) is 2.99. The zero-order valence-corrected chi connectivity index (χ0v) is 9.11. The van der Waals surface area contributed by atoms with Crippen LogP contribution in [0.5, 0.6) is 0 Å². The number of hydrogen-bond acceptors (Lipinski definition) is 1. The fourth-order valence-corrected chi connectivity index (χ4v) is 2.17. The smallest absolute Gasteiger partial charge is 0.0896 e. The van der Waals surface area contributed by atoms with Gasteiger partial charge >= 0.3 is 0 Å². The van der Waals surface area contributed by atoms with E-state index in [2.05, 4.69) is 0 Å². The maximum atomic E-state index is 10.3. The van der Waals surface area contributed by atoms with Crippen LogP contribution in [0.4, 0.5) is 0 Å². The molecule has 0 unspecified atom stereocenters. The molecule has 0 amide bonds. The van der Waals surface area contributed by atoms with Gasteiger partial charge in [0.25, 0.3) is 0 Å². The average molecular weight is 240 g/mol. The standard InChI is InChI=1S/C12H16O.Cu/c13-12(9-5-2-6-10-12)11-7-3-1-4-8-11;/h1,3-4,7-8,13H,2,5-6,9-10H2;. The van der Waals surface area contributed by atoms with Crippen molar-refractivity contribution in [1.29, 1.82) is 0 Å². The molecule has 1 aliphatic carbocycles. The van der Waals surface area contributed by atoms with E-state index < -0.39 is 5.60 Å². The van der Waals surface area contributed by atoms with Gasteiger partial charge in [-0.3, -0.25) is 0 Å². The molecule has 1 aromatic rings. The van der Waals surface area contributed by atoms with Gasteiger partial charge in [0.2, 0.25) is 0 Å². The van der Waals surface area contributed by atoms with Gasteiger partial charge in [0.15, 0.2) is 0 Å². The second kappa shape index (κ2) is 4.97. The number of rotatable bonds is 1. The second-order valence-electron chi connectivity index (χ2n) is 3.96. The summed E-state index contributed by atoms with van der Waals surface area (Å²) in [4.78, 5) is 0. The van der Waals surface area contributed by atoms with Gasteiger partial charge in [-0.05, 0) is 18.4 Å². The van der Waals surface area contributed by atoms with E-state index in [1.54, 1.807) is 0 Å². The summed E-state index contributed by atoms with van der Waals surface area (Å²) in [6, 6.07) is 10.1. The largest absolute Gasteiger partial charge is 0.385 e. The summed E-state index contributed by atoms with van der Waals surface area (Å²) in [5.74, 6) is 0. The molecule has 0 aliphatic heterocycles. The molecule has 0 aromatic heterocycles. The van der Waals surface area contributed by atoms with Crippen LogP contribution >= 0.6 is 0 Å². The van der Waals surface area contributed by atoms with E-state index >= 15 is 0 Å². The summed E-state index contributed by atoms with van der Waals surface area (Å²) in [5.41, 5.74) is 0.564. The van der Waals surface area contributed by atoms with Crippen molar-refractivity contribution in [3.63, 3.8) is 0 Å². The Bertz CT molecular complexity index is 265. The van der Waals surface area contributed by atoms with E-state index in [0.29, 0.717) is 0 Å². The Kier molecular flexibility index (Phi) is 4.18. The molecule has 1 fully saturated rings. The van der Waals surface area contributed by atoms with Gasteiger partial charge in [-0.25, -0.2) is 0 Å². The maximum absolute atomic E-state index is 10.3. The van der Waals surface area contributed by atoms with E-state index in [1.165, 1.54) is 6.42 Å². The Balaban J connectivity index is 0.000000980. The normalized spacial score (nSPS) is 19.8. The Morgan fingerprint density at radius 1 is 0.929 bits per heavy atom. The van der Waals surface area contributed by atoms with Crippen LogP contribution in [0.1, 0.15) is 37.7 Å². The summed E-state index contributed by atoms with van der Waals surface area (Å²) < 4.78 is 0. The molecular formula is C12H16CuO. The Morgan fingerprint density at radius 2 is 1.50 bits per heavy atom. The number of aliphatic hydroxyl groups is 1. The van der Waals surface area contributed by atoms with Crippen LogP contribution in [0.2, 0.25) is 0 Å². The minimum Gasteiger partial charge on any atom is -0.385 e. The van der Waals surface area contributed by atoms with Gasteiger partial charge in [-0.1, -0.05) is 49.6 Å². The molecular weight excluding hydrogens is 224 g/mol. The van der Waals surface area contributed by atoms with Crippen LogP contribution in [0.15, 0.2) is 30.3 Å². The van der Waals surface area contributed by atoms with Crippen molar-refractivity contribution < 1.29 is 22.2 Å². The molecule has 1 saturated carbocycles. The molecule has 2 rings (SSSR count). The molecule has 0 bridgehead atoms. The summed E-state index contributed by atoms with van der Waals surface area (Å²) in [5, 5.41) is 10.3. The van der Waals surface area contributed by atoms with E-state index in [0.717, 1.165) is 31.2 Å². The molecule has 0 spiro atoms. The third kappa shape index (κ3) is 2.38. The van der Waals surface area contributed by atoms with Crippen molar-refractivity contribution in [3.05, 3.63) is 35.9 Å². The van der Waals surface area contributed by atoms with Crippen molar-refractivity contribution in [1.82, 2.24) is 0 Å². The molecule has 0 heterocycles. The Morgan fingerprint density at radius 3 is 2.07 bits per heavy atom. The van der Waals surface area contributed by atoms with E-state index in [-0.39, 0.29) is 17.1 Å². The zero-order chi connectivity index (χ0) is 9.15. The fourth-order valence-electron chi connectivity index (χ4n) is 2.17. The molecule has 0 atom stereocenters. The van der Waals surface area contributed by atoms with Crippen LogP contribution in [0, 0.1) is 0 Å². The van der Waals surface area contributed by atoms with Gasteiger partial charge in [-0.15, -0.1) is 0 Å². The van der Waals surface area contributed by atoms with Gasteiger partial charge in [0.05, 0.1) is 5.60 Å². The molecule has 1 aromatic carbocycles. The average Bonchev–Trinajstić information content (AvgIpc) is 2.20. The topological polar surface area (TPSA) is 20.2 Å².